The number of aryl methyl sites for hydroxylation is 3. The Balaban J connectivity index is 0.000000852. The van der Waals surface area contributed by atoms with Gasteiger partial charge in [0.1, 0.15) is 31.7 Å². The summed E-state index contributed by atoms with van der Waals surface area (Å²) in [5.74, 6) is -3.07. The van der Waals surface area contributed by atoms with E-state index < -0.39 is 60.6 Å². The molecular weight excluding hydrogens is 910 g/mol. The zero-order valence-electron chi connectivity index (χ0n) is 32.8. The van der Waals surface area contributed by atoms with Gasteiger partial charge in [-0.3, -0.25) is 24.5 Å². The Morgan fingerprint density at radius 3 is 2.05 bits per heavy atom. The monoisotopic (exact) mass is 956 g/mol. The topological polar surface area (TPSA) is 183 Å². The lowest BCUT2D eigenvalue weighted by Gasteiger charge is -2.26. The van der Waals surface area contributed by atoms with Crippen LogP contribution in [0.1, 0.15) is 54.9 Å². The largest absolute Gasteiger partial charge is 0.778 e. The van der Waals surface area contributed by atoms with Crippen molar-refractivity contribution < 1.29 is 60.9 Å². The highest BCUT2D eigenvalue weighted by Gasteiger charge is 2.39. The van der Waals surface area contributed by atoms with Gasteiger partial charge in [-0.15, -0.1) is 11.6 Å². The summed E-state index contributed by atoms with van der Waals surface area (Å²) in [5, 5.41) is 13.5. The van der Waals surface area contributed by atoms with Gasteiger partial charge in [-0.2, -0.15) is 18.3 Å². The van der Waals surface area contributed by atoms with Crippen LogP contribution in [0.4, 0.5) is 23.2 Å². The minimum atomic E-state index is -4.69. The van der Waals surface area contributed by atoms with Crippen LogP contribution < -0.4 is 15.1 Å². The van der Waals surface area contributed by atoms with Crippen molar-refractivity contribution in [2.45, 2.75) is 52.8 Å². The number of esters is 1. The van der Waals surface area contributed by atoms with Crippen LogP contribution in [0.5, 0.6) is 0 Å². The minimum Gasteiger partial charge on any atom is -0.778 e. The fourth-order valence-corrected chi connectivity index (χ4v) is 6.01. The van der Waals surface area contributed by atoms with Gasteiger partial charge in [0.15, 0.2) is 5.69 Å². The number of ether oxygens (including phenoxy) is 2. The van der Waals surface area contributed by atoms with E-state index in [1.165, 1.54) is 0 Å². The number of benzene rings is 2. The number of para-hydroxylation sites is 1. The summed E-state index contributed by atoms with van der Waals surface area (Å²) in [6.45, 7) is 7.13. The number of nitrogens with one attached hydrogen (secondary N) is 1. The van der Waals surface area contributed by atoms with E-state index in [1.54, 1.807) is 25.9 Å². The maximum absolute atomic E-state index is 14.3. The van der Waals surface area contributed by atoms with E-state index in [1.807, 2.05) is 23.5 Å². The Morgan fingerprint density at radius 1 is 1.14 bits per heavy atom. The number of alkyl halides is 4. The van der Waals surface area contributed by atoms with Gasteiger partial charge in [0.2, 0.25) is 5.91 Å². The van der Waals surface area contributed by atoms with Crippen molar-refractivity contribution in [1.82, 2.24) is 15.1 Å². The molecule has 322 valence electrons. The number of carboxylic acid groups (broad SMARTS) is 1. The molecule has 0 aliphatic heterocycles. The highest BCUT2D eigenvalue weighted by atomic mass is 79.9. The lowest BCUT2D eigenvalue weighted by Crippen LogP contribution is -2.35. The van der Waals surface area contributed by atoms with Gasteiger partial charge in [-0.05, 0) is 76.8 Å². The van der Waals surface area contributed by atoms with Crippen LogP contribution in [0.15, 0.2) is 34.8 Å². The van der Waals surface area contributed by atoms with Crippen LogP contribution >= 0.6 is 46.7 Å². The fourth-order valence-electron chi connectivity index (χ4n) is 4.47. The van der Waals surface area contributed by atoms with Crippen LogP contribution in [0.25, 0.3) is 11.3 Å². The number of amides is 1. The molecule has 0 aliphatic rings. The second-order valence-corrected chi connectivity index (χ2v) is 17.8. The zero-order chi connectivity index (χ0) is 44.4. The fraction of sp³-hybridized carbons (Fsp3) is 0.486. The minimum absolute atomic E-state index is 0.0371. The Labute approximate surface area is 351 Å². The Bertz CT molecular complexity index is 1810. The molecule has 0 fully saturated rings. The number of carbonyl (C=O) groups excluding carboxylic acids is 2. The average molecular weight is 959 g/mol. The van der Waals surface area contributed by atoms with E-state index in [9.17, 15) is 41.4 Å². The van der Waals surface area contributed by atoms with Crippen LogP contribution in [-0.4, -0.2) is 95.0 Å². The molecule has 2 aromatic carbocycles. The van der Waals surface area contributed by atoms with E-state index in [4.69, 9.17) is 42.7 Å². The third kappa shape index (κ3) is 19.3. The van der Waals surface area contributed by atoms with Crippen molar-refractivity contribution in [3.8, 4) is 11.3 Å². The van der Waals surface area contributed by atoms with Gasteiger partial charge < -0.3 is 28.9 Å². The molecule has 3 aromatic rings. The van der Waals surface area contributed by atoms with Gasteiger partial charge in [-0.1, -0.05) is 43.6 Å². The smallest absolute Gasteiger partial charge is 0.434 e. The predicted molar refractivity (Wildman–Crippen MR) is 218 cm³/mol. The molecule has 0 saturated heterocycles. The second kappa shape index (κ2) is 25.7. The van der Waals surface area contributed by atoms with Gasteiger partial charge >= 0.3 is 18.1 Å². The maximum atomic E-state index is 14.3. The molecule has 1 unspecified atom stereocenters. The van der Waals surface area contributed by atoms with E-state index in [2.05, 4.69) is 53.6 Å². The number of anilines is 1. The first-order valence-corrected chi connectivity index (χ1v) is 22.6. The third-order valence-corrected chi connectivity index (χ3v) is 8.54. The Hall–Kier alpha value is -2.74. The van der Waals surface area contributed by atoms with E-state index in [-0.39, 0.29) is 40.4 Å². The number of aliphatic carboxylic acids is 1. The van der Waals surface area contributed by atoms with Crippen molar-refractivity contribution >= 4 is 81.2 Å². The highest BCUT2D eigenvalue weighted by molar-refractivity contribution is 9.10. The molecule has 3 N–H and O–H groups in total. The highest BCUT2D eigenvalue weighted by Crippen LogP contribution is 2.41. The summed E-state index contributed by atoms with van der Waals surface area (Å²) >= 11 is 14.3. The quantitative estimate of drug-likeness (QED) is 0.0406. The molecular formula is C35H48BrCl2F4N4O9PS. The molecule has 3 rings (SSSR count). The molecule has 0 saturated carbocycles. The first kappa shape index (κ1) is 54.3. The van der Waals surface area contributed by atoms with Crippen LogP contribution in [0.3, 0.4) is 0 Å². The molecule has 22 heteroatoms. The standard InChI is InChI=1S/C15H12BrClF4N2O2.C14H20ClNO2.C3H8NO5P.C3H9S/c1-6(2)25-14(24)7-4-8(10(18)5-9(7)17)12-11(16)13(15(19,20)21)23(3)22-12;1-4-11-7-6-8-12(5-2)14(11)16(10-18-3)13(17)9-15;5-3(6)1-4-2-10(7,8)9;1-4(2)3/h4-6H,1-3H3;6-8H,4-5,9-10H2,1-3H3;4H,1-2H2,(H,5,6)(H2,7,8,9);1-3H3/q;;;+1/p-1. The van der Waals surface area contributed by atoms with E-state index in [0.717, 1.165) is 48.8 Å². The van der Waals surface area contributed by atoms with Crippen LogP contribution in [0.2, 0.25) is 5.02 Å². The maximum Gasteiger partial charge on any atom is 0.434 e. The SMILES string of the molecule is CC(C)OC(=O)c1cc(-c2nn(C)c(C(F)(F)F)c2Br)c(F)cc1Cl.CCc1cccc(CC)c1N(COC)C(=O)CCl.C[S+](C)C.O=C(O)CNCP(=O)([O-])O. The number of hydrogen-bond donors (Lipinski definition) is 3. The second-order valence-electron chi connectivity index (χ2n) is 12.2. The molecule has 0 aliphatic carbocycles. The summed E-state index contributed by atoms with van der Waals surface area (Å²) in [6.07, 6.45) is 2.48. The molecule has 0 spiro atoms. The summed E-state index contributed by atoms with van der Waals surface area (Å²) in [6, 6.07) is 7.96. The lowest BCUT2D eigenvalue weighted by molar-refractivity contribution is -0.193. The van der Waals surface area contributed by atoms with Crippen molar-refractivity contribution in [2.24, 2.45) is 7.05 Å². The number of rotatable bonds is 13. The molecule has 1 atom stereocenters. The van der Waals surface area contributed by atoms with Crippen molar-refractivity contribution in [2.75, 3.05) is 56.2 Å². The number of methoxy groups -OCH3 is 1. The van der Waals surface area contributed by atoms with Gasteiger partial charge in [0.25, 0.3) is 0 Å². The Morgan fingerprint density at radius 2 is 1.67 bits per heavy atom. The summed E-state index contributed by atoms with van der Waals surface area (Å²) < 4.78 is 73.7. The van der Waals surface area contributed by atoms with Gasteiger partial charge in [0.05, 0.1) is 58.4 Å². The molecule has 13 nitrogen and oxygen atoms in total. The van der Waals surface area contributed by atoms with Crippen molar-refractivity contribution in [3.63, 3.8) is 0 Å². The van der Waals surface area contributed by atoms with Gasteiger partial charge in [0, 0.05) is 19.7 Å². The number of carboxylic acids is 1. The molecule has 0 bridgehead atoms. The number of halogens is 7. The Kier molecular flexibility index (Phi) is 24.4. The number of nitrogens with zero attached hydrogens (tertiary/aromatic N) is 3. The molecule has 1 heterocycles. The summed E-state index contributed by atoms with van der Waals surface area (Å²) in [5.41, 5.74) is 1.38. The first-order valence-electron chi connectivity index (χ1n) is 16.7. The molecule has 1 amide bonds. The number of hydrogen-bond acceptors (Lipinski definition) is 9. The molecule has 0 radical (unpaired) electrons. The number of carbonyl (C=O) groups is 3. The predicted octanol–water partition coefficient (Wildman–Crippen LogP) is 6.87. The van der Waals surface area contributed by atoms with Crippen molar-refractivity contribution in [3.05, 3.63) is 68.0 Å². The number of aromatic nitrogens is 2. The summed E-state index contributed by atoms with van der Waals surface area (Å²) in [4.78, 5) is 53.4. The van der Waals surface area contributed by atoms with Gasteiger partial charge in [-0.25, -0.2) is 9.18 Å². The third-order valence-electron chi connectivity index (χ3n) is 6.63. The van der Waals surface area contributed by atoms with E-state index >= 15 is 0 Å². The average Bonchev–Trinajstić information content (AvgIpc) is 3.39. The first-order chi connectivity index (χ1) is 26.3. The van der Waals surface area contributed by atoms with Crippen LogP contribution in [0, 0.1) is 5.82 Å². The molecule has 57 heavy (non-hydrogen) atoms. The van der Waals surface area contributed by atoms with Crippen LogP contribution in [-0.2, 0) is 60.6 Å². The van der Waals surface area contributed by atoms with Crippen molar-refractivity contribution in [1.29, 1.82) is 0 Å². The van der Waals surface area contributed by atoms with E-state index in [0.29, 0.717) is 15.6 Å². The molecule has 1 aromatic heterocycles. The summed E-state index contributed by atoms with van der Waals surface area (Å²) in [7, 11) is -1.05. The zero-order valence-corrected chi connectivity index (χ0v) is 37.6. The lowest BCUT2D eigenvalue weighted by atomic mass is 10.0. The normalized spacial score (nSPS) is 12.0.